The Kier molecular flexibility index (Phi) is 3.99. The molecule has 0 saturated carbocycles. The van der Waals surface area contributed by atoms with E-state index in [0.717, 1.165) is 5.56 Å². The molecule has 2 nitrogen and oxygen atoms in total. The minimum atomic E-state index is -0.510. The Morgan fingerprint density at radius 2 is 1.72 bits per heavy atom. The summed E-state index contributed by atoms with van der Waals surface area (Å²) in [5.74, 6) is -1.02. The molecule has 2 aromatic rings. The van der Waals surface area contributed by atoms with Crippen LogP contribution in [0.2, 0.25) is 0 Å². The lowest BCUT2D eigenvalue weighted by Gasteiger charge is -2.17. The van der Waals surface area contributed by atoms with E-state index in [9.17, 15) is 8.78 Å². The quantitative estimate of drug-likeness (QED) is 0.900. The average molecular weight is 248 g/mol. The molecule has 0 radical (unpaired) electrons. The van der Waals surface area contributed by atoms with E-state index in [1.54, 1.807) is 19.4 Å². The molecular weight excluding hydrogens is 234 g/mol. The van der Waals surface area contributed by atoms with Gasteiger partial charge >= 0.3 is 0 Å². The van der Waals surface area contributed by atoms with Gasteiger partial charge in [0.2, 0.25) is 0 Å². The summed E-state index contributed by atoms with van der Waals surface area (Å²) in [7, 11) is 1.77. The lowest BCUT2D eigenvalue weighted by molar-refractivity contribution is 0.515. The maximum atomic E-state index is 13.6. The highest BCUT2D eigenvalue weighted by atomic mass is 19.1. The molecule has 0 fully saturated rings. The number of likely N-dealkylation sites (N-methyl/N-ethyl adjacent to an activating group) is 1. The molecule has 2 rings (SSSR count). The van der Waals surface area contributed by atoms with Crippen LogP contribution >= 0.6 is 0 Å². The van der Waals surface area contributed by atoms with Gasteiger partial charge in [0.05, 0.1) is 0 Å². The van der Waals surface area contributed by atoms with Crippen LogP contribution in [0.25, 0.3) is 0 Å². The van der Waals surface area contributed by atoms with Gasteiger partial charge in [-0.25, -0.2) is 8.78 Å². The second kappa shape index (κ2) is 5.69. The normalized spacial score (nSPS) is 12.4. The second-order valence-electron chi connectivity index (χ2n) is 4.03. The number of rotatable bonds is 4. The molecule has 4 heteroatoms. The molecule has 0 spiro atoms. The fraction of sp³-hybridized carbons (Fsp3) is 0.214. The molecular formula is C14H14F2N2. The summed E-state index contributed by atoms with van der Waals surface area (Å²) < 4.78 is 27.2. The molecule has 0 saturated heterocycles. The Morgan fingerprint density at radius 3 is 2.28 bits per heavy atom. The van der Waals surface area contributed by atoms with Crippen LogP contribution in [0.15, 0.2) is 42.7 Å². The predicted molar refractivity (Wildman–Crippen MR) is 66.1 cm³/mol. The van der Waals surface area contributed by atoms with E-state index in [0.29, 0.717) is 0 Å². The van der Waals surface area contributed by atoms with Crippen LogP contribution in [0.5, 0.6) is 0 Å². The molecule has 94 valence electrons. The summed E-state index contributed by atoms with van der Waals surface area (Å²) in [5.41, 5.74) is 1.06. The van der Waals surface area contributed by atoms with Crippen molar-refractivity contribution in [1.82, 2.24) is 10.3 Å². The lowest BCUT2D eigenvalue weighted by Crippen LogP contribution is -2.20. The Balaban J connectivity index is 2.26. The monoisotopic (exact) mass is 248 g/mol. The van der Waals surface area contributed by atoms with Crippen molar-refractivity contribution < 1.29 is 8.78 Å². The first kappa shape index (κ1) is 12.6. The van der Waals surface area contributed by atoms with Gasteiger partial charge in [-0.15, -0.1) is 0 Å². The Morgan fingerprint density at radius 1 is 1.11 bits per heavy atom. The van der Waals surface area contributed by atoms with E-state index in [4.69, 9.17) is 0 Å². The van der Waals surface area contributed by atoms with Gasteiger partial charge in [-0.1, -0.05) is 6.07 Å². The largest absolute Gasteiger partial charge is 0.313 e. The molecule has 18 heavy (non-hydrogen) atoms. The Bertz CT molecular complexity index is 494. The van der Waals surface area contributed by atoms with Crippen molar-refractivity contribution in [2.75, 3.05) is 7.05 Å². The zero-order valence-corrected chi connectivity index (χ0v) is 10.0. The van der Waals surface area contributed by atoms with Gasteiger partial charge in [0.25, 0.3) is 0 Å². The van der Waals surface area contributed by atoms with E-state index < -0.39 is 11.6 Å². The SMILES string of the molecule is CNC(Cc1c(F)cccc1F)c1ccncc1. The Hall–Kier alpha value is -1.81. The summed E-state index contributed by atoms with van der Waals surface area (Å²) in [6.45, 7) is 0. The first-order valence-electron chi connectivity index (χ1n) is 5.72. The summed E-state index contributed by atoms with van der Waals surface area (Å²) in [6, 6.07) is 7.45. The summed E-state index contributed by atoms with van der Waals surface area (Å²) in [5, 5.41) is 3.06. The topological polar surface area (TPSA) is 24.9 Å². The Labute approximate surface area is 105 Å². The van der Waals surface area contributed by atoms with Crippen LogP contribution in [0.4, 0.5) is 8.78 Å². The first-order chi connectivity index (χ1) is 8.72. The molecule has 0 aliphatic heterocycles. The van der Waals surface area contributed by atoms with E-state index in [-0.39, 0.29) is 18.0 Å². The van der Waals surface area contributed by atoms with E-state index in [1.807, 2.05) is 12.1 Å². The first-order valence-corrected chi connectivity index (χ1v) is 5.72. The maximum Gasteiger partial charge on any atom is 0.129 e. The second-order valence-corrected chi connectivity index (χ2v) is 4.03. The number of nitrogens with one attached hydrogen (secondary N) is 1. The van der Waals surface area contributed by atoms with Crippen LogP contribution in [-0.2, 0) is 6.42 Å². The number of hydrogen-bond acceptors (Lipinski definition) is 2. The molecule has 0 amide bonds. The van der Waals surface area contributed by atoms with Crippen molar-refractivity contribution in [2.45, 2.75) is 12.5 Å². The average Bonchev–Trinajstić information content (AvgIpc) is 2.40. The van der Waals surface area contributed by atoms with Gasteiger partial charge < -0.3 is 5.32 Å². The summed E-state index contributed by atoms with van der Waals surface area (Å²) in [4.78, 5) is 3.93. The molecule has 1 aromatic heterocycles. The third-order valence-electron chi connectivity index (χ3n) is 2.93. The van der Waals surface area contributed by atoms with E-state index >= 15 is 0 Å². The fourth-order valence-electron chi connectivity index (χ4n) is 1.91. The van der Waals surface area contributed by atoms with Gasteiger partial charge in [0, 0.05) is 24.0 Å². The summed E-state index contributed by atoms with van der Waals surface area (Å²) >= 11 is 0. The van der Waals surface area contributed by atoms with Gasteiger partial charge in [-0.2, -0.15) is 0 Å². The molecule has 0 bridgehead atoms. The number of nitrogens with zero attached hydrogens (tertiary/aromatic N) is 1. The molecule has 1 atom stereocenters. The third kappa shape index (κ3) is 2.71. The zero-order chi connectivity index (χ0) is 13.0. The molecule has 1 aromatic carbocycles. The van der Waals surface area contributed by atoms with Crippen molar-refractivity contribution >= 4 is 0 Å². The van der Waals surface area contributed by atoms with E-state index in [1.165, 1.54) is 18.2 Å². The molecule has 0 aliphatic carbocycles. The zero-order valence-electron chi connectivity index (χ0n) is 10.0. The van der Waals surface area contributed by atoms with Crippen LogP contribution in [0, 0.1) is 11.6 Å². The molecule has 1 heterocycles. The number of benzene rings is 1. The van der Waals surface area contributed by atoms with Crippen molar-refractivity contribution in [3.05, 3.63) is 65.5 Å². The van der Waals surface area contributed by atoms with Crippen molar-refractivity contribution in [1.29, 1.82) is 0 Å². The minimum absolute atomic E-state index is 0.105. The predicted octanol–water partition coefficient (Wildman–Crippen LogP) is 2.86. The van der Waals surface area contributed by atoms with Gasteiger partial charge in [-0.05, 0) is 43.3 Å². The fourth-order valence-corrected chi connectivity index (χ4v) is 1.91. The minimum Gasteiger partial charge on any atom is -0.313 e. The van der Waals surface area contributed by atoms with Crippen molar-refractivity contribution in [2.24, 2.45) is 0 Å². The lowest BCUT2D eigenvalue weighted by atomic mass is 9.99. The molecule has 1 N–H and O–H groups in total. The summed E-state index contributed by atoms with van der Waals surface area (Å²) in [6.07, 6.45) is 3.59. The van der Waals surface area contributed by atoms with Crippen molar-refractivity contribution in [3.8, 4) is 0 Å². The van der Waals surface area contributed by atoms with Crippen LogP contribution in [0.3, 0.4) is 0 Å². The van der Waals surface area contributed by atoms with Gasteiger partial charge in [0.1, 0.15) is 11.6 Å². The highest BCUT2D eigenvalue weighted by molar-refractivity contribution is 5.24. The highest BCUT2D eigenvalue weighted by Gasteiger charge is 2.15. The van der Waals surface area contributed by atoms with Crippen LogP contribution in [0.1, 0.15) is 17.2 Å². The standard InChI is InChI=1S/C14H14F2N2/c1-17-14(10-5-7-18-8-6-10)9-11-12(15)3-2-4-13(11)16/h2-8,14,17H,9H2,1H3. The number of halogens is 2. The number of pyridine rings is 1. The van der Waals surface area contributed by atoms with Crippen molar-refractivity contribution in [3.63, 3.8) is 0 Å². The third-order valence-corrected chi connectivity index (χ3v) is 2.93. The van der Waals surface area contributed by atoms with Gasteiger partial charge in [-0.3, -0.25) is 4.98 Å². The number of aromatic nitrogens is 1. The highest BCUT2D eigenvalue weighted by Crippen LogP contribution is 2.21. The molecule has 0 aliphatic rings. The van der Waals surface area contributed by atoms with Gasteiger partial charge in [0.15, 0.2) is 0 Å². The number of hydrogen-bond donors (Lipinski definition) is 1. The van der Waals surface area contributed by atoms with Crippen LogP contribution in [-0.4, -0.2) is 12.0 Å². The smallest absolute Gasteiger partial charge is 0.129 e. The van der Waals surface area contributed by atoms with E-state index in [2.05, 4.69) is 10.3 Å². The maximum absolute atomic E-state index is 13.6. The molecule has 1 unspecified atom stereocenters. The van der Waals surface area contributed by atoms with Crippen LogP contribution < -0.4 is 5.32 Å².